The first-order chi connectivity index (χ1) is 4.90. The Hall–Kier alpha value is 0.684. The van der Waals surface area contributed by atoms with Crippen LogP contribution in [-0.2, 0) is 0 Å². The second kappa shape index (κ2) is 2.87. The summed E-state index contributed by atoms with van der Waals surface area (Å²) >= 11 is 5.97. The molecule has 1 fully saturated rings. The Labute approximate surface area is 76.9 Å². The van der Waals surface area contributed by atoms with Gasteiger partial charge in [0.1, 0.15) is 16.5 Å². The zero-order valence-corrected chi connectivity index (χ0v) is 10.7. The Balaban J connectivity index is 2.80. The lowest BCUT2D eigenvalue weighted by Crippen LogP contribution is -2.53. The van der Waals surface area contributed by atoms with E-state index in [9.17, 15) is 0 Å². The first kappa shape index (κ1) is 9.77. The maximum absolute atomic E-state index is 5.97. The molecule has 1 rings (SSSR count). The van der Waals surface area contributed by atoms with Crippen LogP contribution in [0, 0.1) is 0 Å². The number of halogens is 1. The van der Waals surface area contributed by atoms with Gasteiger partial charge in [-0.15, -0.1) is 11.6 Å². The molecule has 0 spiro atoms. The number of hydrogen-bond acceptors (Lipinski definition) is 1. The van der Waals surface area contributed by atoms with E-state index in [4.69, 9.17) is 11.6 Å². The van der Waals surface area contributed by atoms with Crippen LogP contribution in [0.4, 0.5) is 0 Å². The predicted molar refractivity (Wildman–Crippen MR) is 57.1 cm³/mol. The fourth-order valence-electron chi connectivity index (χ4n) is 2.02. The molecule has 1 aliphatic rings. The van der Waals surface area contributed by atoms with Crippen LogP contribution in [0.3, 0.4) is 0 Å². The molecule has 0 aromatic carbocycles. The molecular weight excluding hydrogens is 190 g/mol. The van der Waals surface area contributed by atoms with Gasteiger partial charge in [0.2, 0.25) is 0 Å². The number of nitrogens with zero attached hydrogens (tertiary/aromatic N) is 1. The molecule has 0 aromatic rings. The highest BCUT2D eigenvalue weighted by molar-refractivity contribution is 6.95. The van der Waals surface area contributed by atoms with Gasteiger partial charge >= 0.3 is 0 Å². The molecule has 66 valence electrons. The van der Waals surface area contributed by atoms with Gasteiger partial charge in [0.05, 0.1) is 6.00 Å². The SMILES string of the molecule is C[Si]1(C)CC[Si](C)(C)N1CCl. The van der Waals surface area contributed by atoms with E-state index < -0.39 is 16.5 Å². The van der Waals surface area contributed by atoms with Crippen molar-refractivity contribution in [1.29, 1.82) is 0 Å². The van der Waals surface area contributed by atoms with E-state index in [1.165, 1.54) is 12.1 Å². The molecule has 1 aliphatic heterocycles. The van der Waals surface area contributed by atoms with Crippen LogP contribution in [0.5, 0.6) is 0 Å². The van der Waals surface area contributed by atoms with Crippen LogP contribution in [0.15, 0.2) is 0 Å². The van der Waals surface area contributed by atoms with E-state index in [0.717, 1.165) is 6.00 Å². The van der Waals surface area contributed by atoms with E-state index in [2.05, 4.69) is 30.4 Å². The third kappa shape index (κ3) is 1.71. The van der Waals surface area contributed by atoms with Gasteiger partial charge in [0.15, 0.2) is 0 Å². The van der Waals surface area contributed by atoms with E-state index in [1.54, 1.807) is 0 Å². The first-order valence-electron chi connectivity index (χ1n) is 4.24. The molecule has 0 saturated carbocycles. The highest BCUT2D eigenvalue weighted by Gasteiger charge is 2.46. The molecule has 1 saturated heterocycles. The van der Waals surface area contributed by atoms with Crippen LogP contribution >= 0.6 is 11.6 Å². The van der Waals surface area contributed by atoms with Gasteiger partial charge in [0.25, 0.3) is 0 Å². The lowest BCUT2D eigenvalue weighted by Gasteiger charge is -2.36. The van der Waals surface area contributed by atoms with Crippen LogP contribution in [0.1, 0.15) is 0 Å². The quantitative estimate of drug-likeness (QED) is 0.363. The summed E-state index contributed by atoms with van der Waals surface area (Å²) in [6, 6.07) is 3.69. The van der Waals surface area contributed by atoms with Crippen molar-refractivity contribution in [2.24, 2.45) is 0 Å². The number of rotatable bonds is 1. The zero-order valence-electron chi connectivity index (χ0n) is 7.95. The molecule has 0 N–H and O–H groups in total. The van der Waals surface area contributed by atoms with Crippen molar-refractivity contribution >= 4 is 28.1 Å². The van der Waals surface area contributed by atoms with Crippen molar-refractivity contribution in [1.82, 2.24) is 4.23 Å². The summed E-state index contributed by atoms with van der Waals surface area (Å²) in [5.41, 5.74) is 0. The maximum atomic E-state index is 5.97. The van der Waals surface area contributed by atoms with Gasteiger partial charge in [-0.3, -0.25) is 0 Å². The minimum atomic E-state index is -1.04. The van der Waals surface area contributed by atoms with Crippen LogP contribution in [-0.4, -0.2) is 26.7 Å². The van der Waals surface area contributed by atoms with Gasteiger partial charge < -0.3 is 4.23 Å². The van der Waals surface area contributed by atoms with Crippen molar-refractivity contribution in [3.63, 3.8) is 0 Å². The summed E-state index contributed by atoms with van der Waals surface area (Å²) in [7, 11) is -2.08. The second-order valence-electron chi connectivity index (χ2n) is 4.67. The summed E-state index contributed by atoms with van der Waals surface area (Å²) in [6.45, 7) is 9.77. The Bertz CT molecular complexity index is 143. The summed E-state index contributed by atoms with van der Waals surface area (Å²) in [4.78, 5) is 0. The van der Waals surface area contributed by atoms with Gasteiger partial charge in [-0.1, -0.05) is 26.2 Å². The van der Waals surface area contributed by atoms with Crippen molar-refractivity contribution < 1.29 is 0 Å². The monoisotopic (exact) mass is 207 g/mol. The predicted octanol–water partition coefficient (Wildman–Crippen LogP) is 2.91. The minimum Gasteiger partial charge on any atom is -0.333 e. The average molecular weight is 208 g/mol. The molecule has 0 amide bonds. The van der Waals surface area contributed by atoms with E-state index >= 15 is 0 Å². The molecule has 4 heteroatoms. The molecule has 1 heterocycles. The summed E-state index contributed by atoms with van der Waals surface area (Å²) in [5.74, 6) is 0. The normalized spacial score (nSPS) is 29.2. The highest BCUT2D eigenvalue weighted by Crippen LogP contribution is 2.36. The van der Waals surface area contributed by atoms with E-state index in [1.807, 2.05) is 0 Å². The fourth-order valence-corrected chi connectivity index (χ4v) is 17.3. The molecule has 0 unspecified atom stereocenters. The number of hydrogen-bond donors (Lipinski definition) is 0. The average Bonchev–Trinajstić information content (AvgIpc) is 2.03. The van der Waals surface area contributed by atoms with Crippen LogP contribution in [0.2, 0.25) is 38.3 Å². The zero-order chi connectivity index (χ0) is 8.70. The van der Waals surface area contributed by atoms with Gasteiger partial charge in [-0.2, -0.15) is 0 Å². The van der Waals surface area contributed by atoms with Gasteiger partial charge in [-0.25, -0.2) is 0 Å². The van der Waals surface area contributed by atoms with Crippen molar-refractivity contribution in [3.05, 3.63) is 0 Å². The smallest absolute Gasteiger partial charge is 0.116 e. The number of alkyl halides is 1. The third-order valence-electron chi connectivity index (χ3n) is 2.93. The molecular formula is C7H18ClNSi2. The summed E-state index contributed by atoms with van der Waals surface area (Å²) in [6.07, 6.45) is 0. The molecule has 0 atom stereocenters. The van der Waals surface area contributed by atoms with Crippen LogP contribution < -0.4 is 0 Å². The fraction of sp³-hybridized carbons (Fsp3) is 1.00. The molecule has 0 radical (unpaired) electrons. The second-order valence-corrected chi connectivity index (χ2v) is 14.7. The van der Waals surface area contributed by atoms with E-state index in [0.29, 0.717) is 0 Å². The van der Waals surface area contributed by atoms with Crippen LogP contribution in [0.25, 0.3) is 0 Å². The lowest BCUT2D eigenvalue weighted by molar-refractivity contribution is 0.742. The molecule has 11 heavy (non-hydrogen) atoms. The van der Waals surface area contributed by atoms with Crippen molar-refractivity contribution in [2.45, 2.75) is 38.3 Å². The Morgan fingerprint density at radius 2 is 1.45 bits per heavy atom. The van der Waals surface area contributed by atoms with E-state index in [-0.39, 0.29) is 0 Å². The van der Waals surface area contributed by atoms with Gasteiger partial charge in [0, 0.05) is 0 Å². The highest BCUT2D eigenvalue weighted by atomic mass is 35.5. The Kier molecular flexibility index (Phi) is 2.55. The van der Waals surface area contributed by atoms with Gasteiger partial charge in [-0.05, 0) is 12.1 Å². The Morgan fingerprint density at radius 1 is 1.09 bits per heavy atom. The standard InChI is InChI=1S/C7H18ClNSi2/c1-10(2)5-6-11(3,4)9(10)7-8/h5-7H2,1-4H3. The minimum absolute atomic E-state index is 0.776. The largest absolute Gasteiger partial charge is 0.333 e. The lowest BCUT2D eigenvalue weighted by atomic mass is 10.9. The molecule has 0 aromatic heterocycles. The summed E-state index contributed by atoms with van der Waals surface area (Å²) < 4.78 is 2.65. The maximum Gasteiger partial charge on any atom is 0.116 e. The van der Waals surface area contributed by atoms with Crippen molar-refractivity contribution in [3.8, 4) is 0 Å². The molecule has 0 bridgehead atoms. The van der Waals surface area contributed by atoms with Crippen molar-refractivity contribution in [2.75, 3.05) is 6.00 Å². The topological polar surface area (TPSA) is 3.24 Å². The molecule has 1 nitrogen and oxygen atoms in total. The first-order valence-corrected chi connectivity index (χ1v) is 11.1. The third-order valence-corrected chi connectivity index (χ3v) is 13.9. The summed E-state index contributed by atoms with van der Waals surface area (Å²) in [5, 5.41) is 0. The Morgan fingerprint density at radius 3 is 1.64 bits per heavy atom. The molecule has 0 aliphatic carbocycles.